The fourth-order valence-corrected chi connectivity index (χ4v) is 4.13. The van der Waals surface area contributed by atoms with Gasteiger partial charge in [0, 0.05) is 0 Å². The number of rotatable bonds is 0. The number of hydrogen-bond donors (Lipinski definition) is 0. The molecule has 0 saturated carbocycles. The lowest BCUT2D eigenvalue weighted by Gasteiger charge is -2.23. The van der Waals surface area contributed by atoms with Crippen molar-refractivity contribution in [3.05, 3.63) is 68.8 Å². The monoisotopic (exact) mass is 334 g/mol. The zero-order chi connectivity index (χ0) is 18.6. The molecule has 25 heavy (non-hydrogen) atoms. The van der Waals surface area contributed by atoms with Crippen LogP contribution in [-0.2, 0) is 30.1 Å². The number of fused-ring (bicyclic) bond motifs is 2. The quantitative estimate of drug-likeness (QED) is 0.510. The van der Waals surface area contributed by atoms with Gasteiger partial charge in [0.2, 0.25) is 0 Å². The van der Waals surface area contributed by atoms with Crippen LogP contribution >= 0.6 is 0 Å². The molecule has 1 aliphatic carbocycles. The van der Waals surface area contributed by atoms with Crippen molar-refractivity contribution in [3.8, 4) is 0 Å². The minimum atomic E-state index is 0.206. The smallest absolute Gasteiger partial charge is 0.00199 e. The first-order valence-corrected chi connectivity index (χ1v) is 9.72. The first kappa shape index (κ1) is 18.2. The second-order valence-electron chi connectivity index (χ2n) is 10.0. The highest BCUT2D eigenvalue weighted by Crippen LogP contribution is 2.35. The molecule has 0 heteroatoms. The van der Waals surface area contributed by atoms with Crippen molar-refractivity contribution < 1.29 is 0 Å². The third-order valence-corrected chi connectivity index (χ3v) is 5.87. The molecule has 0 N–H and O–H groups in total. The fraction of sp³-hybridized carbons (Fsp3) is 0.520. The third kappa shape index (κ3) is 3.54. The molecular weight excluding hydrogens is 300 g/mol. The van der Waals surface area contributed by atoms with Gasteiger partial charge in [-0.25, -0.2) is 0 Å². The molecule has 0 fully saturated rings. The minimum absolute atomic E-state index is 0.206. The lowest BCUT2D eigenvalue weighted by atomic mass is 9.81. The summed E-state index contributed by atoms with van der Waals surface area (Å²) in [7, 11) is 0. The summed E-state index contributed by atoms with van der Waals surface area (Å²) in [6.45, 7) is 18.5. The van der Waals surface area contributed by atoms with Crippen molar-refractivity contribution in [2.24, 2.45) is 0 Å². The van der Waals surface area contributed by atoms with Crippen LogP contribution in [0.15, 0.2) is 24.3 Å². The highest BCUT2D eigenvalue weighted by Gasteiger charge is 2.23. The summed E-state index contributed by atoms with van der Waals surface area (Å²) >= 11 is 0. The lowest BCUT2D eigenvalue weighted by Crippen LogP contribution is -2.14. The standard InChI is InChI=1S/C25H34/c1-16-11-20(24(3,4)5)14-18-13-19-15-21(25(6,7)8)12-17(2)23(19)10-9-22(16)18/h11-12,14-15H,9-10,13H2,1-8H3. The van der Waals surface area contributed by atoms with Crippen molar-refractivity contribution >= 4 is 0 Å². The molecule has 2 aromatic rings. The van der Waals surface area contributed by atoms with Crippen LogP contribution in [0.2, 0.25) is 0 Å². The van der Waals surface area contributed by atoms with Gasteiger partial charge >= 0.3 is 0 Å². The molecule has 1 aliphatic rings. The second kappa shape index (κ2) is 6.01. The van der Waals surface area contributed by atoms with Crippen molar-refractivity contribution in [1.82, 2.24) is 0 Å². The number of aryl methyl sites for hydroxylation is 2. The summed E-state index contributed by atoms with van der Waals surface area (Å²) in [6.07, 6.45) is 3.43. The van der Waals surface area contributed by atoms with Gasteiger partial charge in [-0.2, -0.15) is 0 Å². The highest BCUT2D eigenvalue weighted by molar-refractivity contribution is 5.50. The molecule has 0 bridgehead atoms. The van der Waals surface area contributed by atoms with Gasteiger partial charge in [0.15, 0.2) is 0 Å². The SMILES string of the molecule is Cc1cc(C(C)(C)C)cc2c1CCc1c(C)cc(C(C)(C)C)cc1C2. The first-order chi connectivity index (χ1) is 11.5. The highest BCUT2D eigenvalue weighted by atomic mass is 14.3. The molecule has 0 unspecified atom stereocenters. The van der Waals surface area contributed by atoms with Gasteiger partial charge in [-0.1, -0.05) is 65.8 Å². The molecule has 0 amide bonds. The van der Waals surface area contributed by atoms with Crippen LogP contribution in [0.1, 0.15) is 86.1 Å². The Hall–Kier alpha value is -1.56. The molecule has 2 aromatic carbocycles. The van der Waals surface area contributed by atoms with Gasteiger partial charge in [-0.15, -0.1) is 0 Å². The van der Waals surface area contributed by atoms with Gasteiger partial charge in [-0.05, 0) is 88.4 Å². The summed E-state index contributed by atoms with van der Waals surface area (Å²) in [5.74, 6) is 0. The van der Waals surface area contributed by atoms with Crippen molar-refractivity contribution in [3.63, 3.8) is 0 Å². The maximum absolute atomic E-state index is 2.48. The lowest BCUT2D eigenvalue weighted by molar-refractivity contribution is 0.588. The predicted molar refractivity (Wildman–Crippen MR) is 110 cm³/mol. The molecule has 0 spiro atoms. The molecule has 0 radical (unpaired) electrons. The Kier molecular flexibility index (Phi) is 4.38. The maximum atomic E-state index is 2.48. The van der Waals surface area contributed by atoms with E-state index in [0.29, 0.717) is 0 Å². The fourth-order valence-electron chi connectivity index (χ4n) is 4.13. The van der Waals surface area contributed by atoms with E-state index in [1.165, 1.54) is 35.1 Å². The largest absolute Gasteiger partial charge is 0.0561 e. The van der Waals surface area contributed by atoms with E-state index in [9.17, 15) is 0 Å². The van der Waals surface area contributed by atoms with Crippen LogP contribution in [0, 0.1) is 13.8 Å². The van der Waals surface area contributed by atoms with Crippen LogP contribution in [0.5, 0.6) is 0 Å². The van der Waals surface area contributed by atoms with Crippen LogP contribution in [0.3, 0.4) is 0 Å². The van der Waals surface area contributed by atoms with Crippen LogP contribution < -0.4 is 0 Å². The van der Waals surface area contributed by atoms with Gasteiger partial charge in [0.05, 0.1) is 0 Å². The van der Waals surface area contributed by atoms with Crippen molar-refractivity contribution in [2.45, 2.75) is 85.5 Å². The Morgan fingerprint density at radius 3 is 1.28 bits per heavy atom. The Bertz CT molecular complexity index is 738. The van der Waals surface area contributed by atoms with Crippen LogP contribution in [0.4, 0.5) is 0 Å². The van der Waals surface area contributed by atoms with Crippen LogP contribution in [-0.4, -0.2) is 0 Å². The molecule has 0 nitrogen and oxygen atoms in total. The van der Waals surface area contributed by atoms with Crippen LogP contribution in [0.25, 0.3) is 0 Å². The summed E-state index contributed by atoms with van der Waals surface area (Å²) in [5, 5.41) is 0. The minimum Gasteiger partial charge on any atom is -0.0561 e. The first-order valence-electron chi connectivity index (χ1n) is 9.72. The Balaban J connectivity index is 2.15. The van der Waals surface area contributed by atoms with Gasteiger partial charge < -0.3 is 0 Å². The summed E-state index contributed by atoms with van der Waals surface area (Å²) in [6, 6.07) is 9.80. The van der Waals surface area contributed by atoms with Gasteiger partial charge in [-0.3, -0.25) is 0 Å². The zero-order valence-corrected chi connectivity index (χ0v) is 17.4. The summed E-state index contributed by atoms with van der Waals surface area (Å²) in [4.78, 5) is 0. The van der Waals surface area contributed by atoms with E-state index < -0.39 is 0 Å². The molecule has 3 rings (SSSR count). The number of benzene rings is 2. The summed E-state index contributed by atoms with van der Waals surface area (Å²) < 4.78 is 0. The average molecular weight is 335 g/mol. The van der Waals surface area contributed by atoms with E-state index in [1.54, 1.807) is 22.3 Å². The Labute approximate surface area is 154 Å². The van der Waals surface area contributed by atoms with E-state index in [4.69, 9.17) is 0 Å². The molecule has 0 heterocycles. The maximum Gasteiger partial charge on any atom is -0.00199 e. The van der Waals surface area contributed by atoms with Crippen molar-refractivity contribution in [1.29, 1.82) is 0 Å². The predicted octanol–water partition coefficient (Wildman–Crippen LogP) is 6.59. The molecule has 0 aromatic heterocycles. The van der Waals surface area contributed by atoms with E-state index in [1.807, 2.05) is 0 Å². The topological polar surface area (TPSA) is 0 Å². The molecule has 0 atom stereocenters. The second-order valence-corrected chi connectivity index (χ2v) is 10.0. The summed E-state index contributed by atoms with van der Waals surface area (Å²) in [5.41, 5.74) is 12.6. The van der Waals surface area contributed by atoms with Gasteiger partial charge in [0.25, 0.3) is 0 Å². The molecule has 0 saturated heterocycles. The Morgan fingerprint density at radius 2 is 0.960 bits per heavy atom. The van der Waals surface area contributed by atoms with Gasteiger partial charge in [0.1, 0.15) is 0 Å². The number of hydrogen-bond acceptors (Lipinski definition) is 0. The van der Waals surface area contributed by atoms with E-state index in [2.05, 4.69) is 79.7 Å². The molecule has 0 aliphatic heterocycles. The van der Waals surface area contributed by atoms with E-state index in [-0.39, 0.29) is 10.8 Å². The molecular formula is C25H34. The van der Waals surface area contributed by atoms with E-state index >= 15 is 0 Å². The van der Waals surface area contributed by atoms with E-state index in [0.717, 1.165) is 6.42 Å². The van der Waals surface area contributed by atoms with Crippen molar-refractivity contribution in [2.75, 3.05) is 0 Å². The normalized spacial score (nSPS) is 14.7. The zero-order valence-electron chi connectivity index (χ0n) is 17.4. The average Bonchev–Trinajstić information content (AvgIpc) is 2.64. The Morgan fingerprint density at radius 1 is 0.600 bits per heavy atom. The third-order valence-electron chi connectivity index (χ3n) is 5.87. The molecule has 134 valence electrons.